The summed E-state index contributed by atoms with van der Waals surface area (Å²) < 4.78 is 26.5. The number of nitrogens with zero attached hydrogens (tertiary/aromatic N) is 3. The molecule has 0 radical (unpaired) electrons. The second-order valence-corrected chi connectivity index (χ2v) is 7.22. The third kappa shape index (κ3) is 3.73. The molecule has 9 heteroatoms. The molecule has 130 valence electrons. The molecule has 1 aliphatic rings. The summed E-state index contributed by atoms with van der Waals surface area (Å²) in [5, 5.41) is 9.99. The standard InChI is InChI=1S/C16H16N4O4S/c21-16(19-22)15-10-13-14(18-8-7-17-13)11-20(15)25(23,24)9-6-12-4-2-1-3-5-12/h1-9,15,22H,10-11H2,(H,19,21). The molecule has 1 aromatic heterocycles. The van der Waals surface area contributed by atoms with E-state index in [2.05, 4.69) is 9.97 Å². The summed E-state index contributed by atoms with van der Waals surface area (Å²) in [6, 6.07) is 7.84. The van der Waals surface area contributed by atoms with E-state index in [-0.39, 0.29) is 13.0 Å². The number of hydrogen-bond donors (Lipinski definition) is 2. The van der Waals surface area contributed by atoms with Gasteiger partial charge in [0.1, 0.15) is 6.04 Å². The molecular formula is C16H16N4O4S. The number of rotatable bonds is 4. The molecule has 2 heterocycles. The first-order valence-electron chi connectivity index (χ1n) is 7.49. The molecule has 1 amide bonds. The van der Waals surface area contributed by atoms with Gasteiger partial charge in [-0.3, -0.25) is 20.0 Å². The molecular weight excluding hydrogens is 344 g/mol. The zero-order chi connectivity index (χ0) is 17.9. The lowest BCUT2D eigenvalue weighted by Gasteiger charge is -2.32. The summed E-state index contributed by atoms with van der Waals surface area (Å²) in [5.74, 6) is -0.812. The van der Waals surface area contributed by atoms with Crippen molar-refractivity contribution in [2.24, 2.45) is 0 Å². The molecule has 8 nitrogen and oxygen atoms in total. The first kappa shape index (κ1) is 17.2. The number of carbonyl (C=O) groups excluding carboxylic acids is 1. The van der Waals surface area contributed by atoms with Gasteiger partial charge in [0.2, 0.25) is 10.0 Å². The van der Waals surface area contributed by atoms with Crippen LogP contribution in [0.3, 0.4) is 0 Å². The Labute approximate surface area is 144 Å². The van der Waals surface area contributed by atoms with Crippen molar-refractivity contribution >= 4 is 22.0 Å². The predicted octanol–water partition coefficient (Wildman–Crippen LogP) is 0.709. The summed E-state index contributed by atoms with van der Waals surface area (Å²) >= 11 is 0. The Kier molecular flexibility index (Phi) is 4.88. The summed E-state index contributed by atoms with van der Waals surface area (Å²) in [7, 11) is -3.92. The number of sulfonamides is 1. The molecule has 1 aliphatic heterocycles. The monoisotopic (exact) mass is 360 g/mol. The number of hydroxylamine groups is 1. The number of benzene rings is 1. The molecule has 0 spiro atoms. The largest absolute Gasteiger partial charge is 0.289 e. The fourth-order valence-corrected chi connectivity index (χ4v) is 3.93. The summed E-state index contributed by atoms with van der Waals surface area (Å²) in [5.41, 5.74) is 3.26. The summed E-state index contributed by atoms with van der Waals surface area (Å²) in [4.78, 5) is 20.2. The van der Waals surface area contributed by atoms with Gasteiger partial charge in [-0.25, -0.2) is 13.9 Å². The maximum absolute atomic E-state index is 12.7. The first-order chi connectivity index (χ1) is 12.0. The van der Waals surface area contributed by atoms with Crippen molar-refractivity contribution < 1.29 is 18.4 Å². The Morgan fingerprint density at radius 2 is 1.88 bits per heavy atom. The van der Waals surface area contributed by atoms with Gasteiger partial charge < -0.3 is 0 Å². The molecule has 0 fully saturated rings. The van der Waals surface area contributed by atoms with E-state index in [0.717, 1.165) is 9.71 Å². The van der Waals surface area contributed by atoms with E-state index in [1.54, 1.807) is 24.3 Å². The van der Waals surface area contributed by atoms with E-state index >= 15 is 0 Å². The van der Waals surface area contributed by atoms with Crippen LogP contribution in [0.15, 0.2) is 48.1 Å². The van der Waals surface area contributed by atoms with Crippen molar-refractivity contribution in [2.45, 2.75) is 19.0 Å². The zero-order valence-electron chi connectivity index (χ0n) is 13.1. The van der Waals surface area contributed by atoms with Crippen LogP contribution >= 0.6 is 0 Å². The van der Waals surface area contributed by atoms with E-state index in [9.17, 15) is 13.2 Å². The topological polar surface area (TPSA) is 112 Å². The van der Waals surface area contributed by atoms with Crippen LogP contribution in [0.2, 0.25) is 0 Å². The molecule has 25 heavy (non-hydrogen) atoms. The van der Waals surface area contributed by atoms with Gasteiger partial charge in [0.15, 0.2) is 0 Å². The Morgan fingerprint density at radius 1 is 1.20 bits per heavy atom. The normalized spacial score (nSPS) is 18.0. The van der Waals surface area contributed by atoms with Gasteiger partial charge in [-0.15, -0.1) is 0 Å². The van der Waals surface area contributed by atoms with Crippen LogP contribution in [0.1, 0.15) is 17.0 Å². The van der Waals surface area contributed by atoms with Crippen molar-refractivity contribution in [1.29, 1.82) is 0 Å². The summed E-state index contributed by atoms with van der Waals surface area (Å²) in [6.45, 7) is -0.0945. The van der Waals surface area contributed by atoms with E-state index in [1.807, 2.05) is 6.07 Å². The van der Waals surface area contributed by atoms with Gasteiger partial charge in [0.05, 0.1) is 17.9 Å². The zero-order valence-corrected chi connectivity index (χ0v) is 13.9. The Balaban J connectivity index is 1.94. The third-order valence-electron chi connectivity index (χ3n) is 3.87. The smallest absolute Gasteiger partial charge is 0.262 e. The van der Waals surface area contributed by atoms with Gasteiger partial charge in [-0.2, -0.15) is 4.31 Å². The van der Waals surface area contributed by atoms with E-state index in [0.29, 0.717) is 17.0 Å². The van der Waals surface area contributed by atoms with Gasteiger partial charge in [-0.1, -0.05) is 30.3 Å². The highest BCUT2D eigenvalue weighted by atomic mass is 32.2. The lowest BCUT2D eigenvalue weighted by atomic mass is 10.0. The second kappa shape index (κ2) is 7.09. The molecule has 1 aromatic carbocycles. The quantitative estimate of drug-likeness (QED) is 0.613. The van der Waals surface area contributed by atoms with Crippen LogP contribution in [-0.2, 0) is 27.8 Å². The fourth-order valence-electron chi connectivity index (χ4n) is 2.61. The lowest BCUT2D eigenvalue weighted by molar-refractivity contribution is -0.133. The molecule has 0 aliphatic carbocycles. The minimum absolute atomic E-state index is 0.0357. The van der Waals surface area contributed by atoms with Gasteiger partial charge >= 0.3 is 0 Å². The molecule has 2 aromatic rings. The lowest BCUT2D eigenvalue weighted by Crippen LogP contribution is -2.51. The molecule has 0 saturated heterocycles. The van der Waals surface area contributed by atoms with Crippen molar-refractivity contribution in [3.8, 4) is 0 Å². The van der Waals surface area contributed by atoms with Crippen molar-refractivity contribution in [2.75, 3.05) is 0 Å². The molecule has 0 bridgehead atoms. The third-order valence-corrected chi connectivity index (χ3v) is 5.39. The van der Waals surface area contributed by atoms with E-state index in [4.69, 9.17) is 5.21 Å². The number of fused-ring (bicyclic) bond motifs is 1. The average molecular weight is 360 g/mol. The first-order valence-corrected chi connectivity index (χ1v) is 8.99. The number of amides is 1. The maximum Gasteiger partial charge on any atom is 0.262 e. The molecule has 3 rings (SSSR count). The van der Waals surface area contributed by atoms with Crippen LogP contribution in [0.25, 0.3) is 6.08 Å². The Hall–Kier alpha value is -2.62. The number of aromatic nitrogens is 2. The van der Waals surface area contributed by atoms with Gasteiger partial charge in [0.25, 0.3) is 5.91 Å². The van der Waals surface area contributed by atoms with Crippen molar-refractivity contribution in [3.05, 3.63) is 65.1 Å². The van der Waals surface area contributed by atoms with Gasteiger partial charge in [-0.05, 0) is 11.6 Å². The second-order valence-electron chi connectivity index (χ2n) is 5.45. The Morgan fingerprint density at radius 3 is 2.56 bits per heavy atom. The van der Waals surface area contributed by atoms with Crippen LogP contribution in [-0.4, -0.2) is 39.8 Å². The number of nitrogens with one attached hydrogen (secondary N) is 1. The number of hydrogen-bond acceptors (Lipinski definition) is 6. The van der Waals surface area contributed by atoms with Crippen LogP contribution in [0.4, 0.5) is 0 Å². The molecule has 2 N–H and O–H groups in total. The van der Waals surface area contributed by atoms with Gasteiger partial charge in [0, 0.05) is 24.2 Å². The average Bonchev–Trinajstić information content (AvgIpc) is 2.65. The maximum atomic E-state index is 12.7. The van der Waals surface area contributed by atoms with Crippen molar-refractivity contribution in [3.63, 3.8) is 0 Å². The van der Waals surface area contributed by atoms with E-state index < -0.39 is 22.0 Å². The van der Waals surface area contributed by atoms with Crippen LogP contribution in [0, 0.1) is 0 Å². The minimum atomic E-state index is -3.92. The molecule has 1 atom stereocenters. The highest BCUT2D eigenvalue weighted by molar-refractivity contribution is 7.92. The van der Waals surface area contributed by atoms with Crippen LogP contribution < -0.4 is 5.48 Å². The molecule has 1 unspecified atom stereocenters. The fraction of sp³-hybridized carbons (Fsp3) is 0.188. The van der Waals surface area contributed by atoms with Crippen molar-refractivity contribution in [1.82, 2.24) is 19.8 Å². The Bertz CT molecular complexity index is 899. The SMILES string of the molecule is O=C(NO)C1Cc2nccnc2CN1S(=O)(=O)C=Cc1ccccc1. The number of carbonyl (C=O) groups is 1. The van der Waals surface area contributed by atoms with Crippen LogP contribution in [0.5, 0.6) is 0 Å². The minimum Gasteiger partial charge on any atom is -0.289 e. The molecule has 0 saturated carbocycles. The highest BCUT2D eigenvalue weighted by Gasteiger charge is 2.38. The highest BCUT2D eigenvalue weighted by Crippen LogP contribution is 2.24. The predicted molar refractivity (Wildman–Crippen MR) is 89.4 cm³/mol. The van der Waals surface area contributed by atoms with E-state index in [1.165, 1.54) is 23.9 Å². The summed E-state index contributed by atoms with van der Waals surface area (Å²) in [6.07, 6.45) is 4.44.